The first-order valence-corrected chi connectivity index (χ1v) is 12.0. The van der Waals surface area contributed by atoms with E-state index in [0.717, 1.165) is 50.1 Å². The van der Waals surface area contributed by atoms with Gasteiger partial charge in [-0.1, -0.05) is 13.8 Å². The lowest BCUT2D eigenvalue weighted by Gasteiger charge is -2.08. The normalized spacial score (nSPS) is 11.4. The Labute approximate surface area is 212 Å². The summed E-state index contributed by atoms with van der Waals surface area (Å²) in [5, 5.41) is 11.6. The van der Waals surface area contributed by atoms with Gasteiger partial charge in [-0.25, -0.2) is 4.98 Å². The zero-order valence-corrected chi connectivity index (χ0v) is 20.4. The van der Waals surface area contributed by atoms with Crippen LogP contribution in [-0.4, -0.2) is 41.0 Å². The molecule has 37 heavy (non-hydrogen) atoms. The van der Waals surface area contributed by atoms with Gasteiger partial charge in [-0.2, -0.15) is 5.10 Å². The summed E-state index contributed by atoms with van der Waals surface area (Å²) in [6, 6.07) is 13.6. The second-order valence-corrected chi connectivity index (χ2v) is 9.31. The van der Waals surface area contributed by atoms with Crippen molar-refractivity contribution in [1.82, 2.24) is 35.1 Å². The predicted molar refractivity (Wildman–Crippen MR) is 144 cm³/mol. The van der Waals surface area contributed by atoms with Crippen molar-refractivity contribution in [2.24, 2.45) is 5.92 Å². The van der Waals surface area contributed by atoms with Gasteiger partial charge in [0.25, 0.3) is 0 Å². The topological polar surface area (TPSA) is 125 Å². The fourth-order valence-electron chi connectivity index (χ4n) is 4.40. The van der Waals surface area contributed by atoms with E-state index in [4.69, 9.17) is 4.98 Å². The Balaban J connectivity index is 1.38. The first-order chi connectivity index (χ1) is 18.0. The molecule has 6 aromatic heterocycles. The highest BCUT2D eigenvalue weighted by Crippen LogP contribution is 2.33. The minimum absolute atomic E-state index is 0.0334. The van der Waals surface area contributed by atoms with E-state index < -0.39 is 0 Å². The van der Waals surface area contributed by atoms with Gasteiger partial charge in [-0.05, 0) is 48.4 Å². The molecule has 6 heterocycles. The van der Waals surface area contributed by atoms with E-state index in [2.05, 4.69) is 41.5 Å². The van der Waals surface area contributed by atoms with Crippen LogP contribution in [0.15, 0.2) is 73.4 Å². The van der Waals surface area contributed by atoms with Crippen molar-refractivity contribution in [2.75, 3.05) is 5.32 Å². The maximum atomic E-state index is 12.2. The highest BCUT2D eigenvalue weighted by Gasteiger charge is 2.16. The molecule has 0 aromatic carbocycles. The minimum atomic E-state index is -0.0334. The van der Waals surface area contributed by atoms with Gasteiger partial charge in [0, 0.05) is 53.2 Å². The molecule has 0 spiro atoms. The SMILES string of the molecule is CC(C)CC(=O)Nc1cncc(-c2ccc3[nH]nc(-c4cc5c(-c6ccncc6)nccc5[nH]4)c3n2)c1. The lowest BCUT2D eigenvalue weighted by molar-refractivity contribution is -0.116. The number of carbonyl (C=O) groups excluding carboxylic acids is 1. The summed E-state index contributed by atoms with van der Waals surface area (Å²) in [5.74, 6) is 0.245. The van der Waals surface area contributed by atoms with E-state index in [-0.39, 0.29) is 11.8 Å². The van der Waals surface area contributed by atoms with Gasteiger partial charge in [0.05, 0.1) is 34.5 Å². The van der Waals surface area contributed by atoms with E-state index in [9.17, 15) is 4.79 Å². The summed E-state index contributed by atoms with van der Waals surface area (Å²) in [5.41, 5.74) is 8.10. The van der Waals surface area contributed by atoms with Crippen LogP contribution in [0.2, 0.25) is 0 Å². The number of amides is 1. The fraction of sp³-hybridized carbons (Fsp3) is 0.143. The van der Waals surface area contributed by atoms with Gasteiger partial charge in [0.2, 0.25) is 5.91 Å². The molecule has 9 nitrogen and oxygen atoms in total. The zero-order chi connectivity index (χ0) is 25.4. The Hall–Kier alpha value is -4.92. The molecule has 6 rings (SSSR count). The molecule has 0 unspecified atom stereocenters. The molecule has 0 aliphatic carbocycles. The molecular weight excluding hydrogens is 464 g/mol. The average Bonchev–Trinajstić information content (AvgIpc) is 3.52. The number of rotatable bonds is 6. The largest absolute Gasteiger partial charge is 0.353 e. The minimum Gasteiger partial charge on any atom is -0.353 e. The molecule has 6 aromatic rings. The quantitative estimate of drug-likeness (QED) is 0.280. The third kappa shape index (κ3) is 4.42. The Bertz CT molecular complexity index is 1740. The Morgan fingerprint density at radius 1 is 0.919 bits per heavy atom. The number of hydrogen-bond donors (Lipinski definition) is 3. The fourth-order valence-corrected chi connectivity index (χ4v) is 4.40. The van der Waals surface area contributed by atoms with E-state index >= 15 is 0 Å². The van der Waals surface area contributed by atoms with Crippen LogP contribution < -0.4 is 5.32 Å². The molecule has 0 atom stereocenters. The summed E-state index contributed by atoms with van der Waals surface area (Å²) in [7, 11) is 0. The number of anilines is 1. The number of carbonyl (C=O) groups is 1. The van der Waals surface area contributed by atoms with Gasteiger partial charge in [-0.3, -0.25) is 24.8 Å². The summed E-state index contributed by atoms with van der Waals surface area (Å²) in [6.07, 6.45) is 9.14. The van der Waals surface area contributed by atoms with Gasteiger partial charge in [0.1, 0.15) is 11.2 Å². The molecule has 0 radical (unpaired) electrons. The third-order valence-electron chi connectivity index (χ3n) is 6.08. The maximum absolute atomic E-state index is 12.2. The van der Waals surface area contributed by atoms with Crippen molar-refractivity contribution in [3.8, 4) is 33.9 Å². The summed E-state index contributed by atoms with van der Waals surface area (Å²) in [6.45, 7) is 4.03. The van der Waals surface area contributed by atoms with Crippen LogP contribution in [0.4, 0.5) is 5.69 Å². The van der Waals surface area contributed by atoms with Crippen LogP contribution in [0.1, 0.15) is 20.3 Å². The second kappa shape index (κ2) is 9.27. The van der Waals surface area contributed by atoms with E-state index in [0.29, 0.717) is 17.8 Å². The Kier molecular flexibility index (Phi) is 5.65. The van der Waals surface area contributed by atoms with Gasteiger partial charge < -0.3 is 10.3 Å². The predicted octanol–water partition coefficient (Wildman–Crippen LogP) is 5.61. The average molecular weight is 489 g/mol. The van der Waals surface area contributed by atoms with Crippen LogP contribution in [0.25, 0.3) is 55.8 Å². The van der Waals surface area contributed by atoms with Crippen LogP contribution in [0, 0.1) is 5.92 Å². The van der Waals surface area contributed by atoms with Crippen LogP contribution in [0.3, 0.4) is 0 Å². The van der Waals surface area contributed by atoms with Gasteiger partial charge >= 0.3 is 0 Å². The van der Waals surface area contributed by atoms with Crippen LogP contribution >= 0.6 is 0 Å². The number of nitrogens with one attached hydrogen (secondary N) is 3. The number of hydrogen-bond acceptors (Lipinski definition) is 6. The maximum Gasteiger partial charge on any atom is 0.224 e. The third-order valence-corrected chi connectivity index (χ3v) is 6.08. The number of H-pyrrole nitrogens is 2. The standard InChI is InChI=1S/C28H24N8O/c1-16(2)11-25(37)32-19-12-18(14-30-15-19)21-3-4-23-27(34-21)28(36-35-23)24-13-20-22(33-24)7-10-31-26(20)17-5-8-29-9-6-17/h3-10,12-16,33H,11H2,1-2H3,(H,32,37)(H,35,36). The smallest absolute Gasteiger partial charge is 0.224 e. The number of aromatic amines is 2. The van der Waals surface area contributed by atoms with Crippen LogP contribution in [0.5, 0.6) is 0 Å². The molecule has 0 saturated carbocycles. The molecule has 0 fully saturated rings. The van der Waals surface area contributed by atoms with Crippen molar-refractivity contribution >= 4 is 33.5 Å². The molecule has 0 aliphatic heterocycles. The molecule has 0 aliphatic rings. The first kappa shape index (κ1) is 22.5. The van der Waals surface area contributed by atoms with E-state index in [1.807, 2.05) is 50.2 Å². The van der Waals surface area contributed by atoms with E-state index in [1.165, 1.54) is 0 Å². The number of fused-ring (bicyclic) bond motifs is 2. The molecule has 1 amide bonds. The lowest BCUT2D eigenvalue weighted by atomic mass is 10.1. The second-order valence-electron chi connectivity index (χ2n) is 9.31. The molecule has 0 saturated heterocycles. The van der Waals surface area contributed by atoms with Crippen LogP contribution in [-0.2, 0) is 4.79 Å². The summed E-state index contributed by atoms with van der Waals surface area (Å²) >= 11 is 0. The zero-order valence-electron chi connectivity index (χ0n) is 20.4. The van der Waals surface area contributed by atoms with Crippen molar-refractivity contribution in [2.45, 2.75) is 20.3 Å². The van der Waals surface area contributed by atoms with Crippen molar-refractivity contribution < 1.29 is 4.79 Å². The Morgan fingerprint density at radius 2 is 1.78 bits per heavy atom. The summed E-state index contributed by atoms with van der Waals surface area (Å²) < 4.78 is 0. The van der Waals surface area contributed by atoms with Gasteiger partial charge in [-0.15, -0.1) is 0 Å². The number of nitrogens with zero attached hydrogens (tertiary/aromatic N) is 5. The van der Waals surface area contributed by atoms with Crippen molar-refractivity contribution in [3.63, 3.8) is 0 Å². The van der Waals surface area contributed by atoms with E-state index in [1.54, 1.807) is 31.0 Å². The molecule has 3 N–H and O–H groups in total. The molecule has 9 heteroatoms. The monoisotopic (exact) mass is 488 g/mol. The molecule has 182 valence electrons. The highest BCUT2D eigenvalue weighted by molar-refractivity contribution is 5.99. The first-order valence-electron chi connectivity index (χ1n) is 12.0. The van der Waals surface area contributed by atoms with Crippen molar-refractivity contribution in [3.05, 3.63) is 73.4 Å². The number of aromatic nitrogens is 7. The number of pyridine rings is 4. The van der Waals surface area contributed by atoms with Gasteiger partial charge in [0.15, 0.2) is 0 Å². The molecular formula is C28H24N8O. The highest BCUT2D eigenvalue weighted by atomic mass is 16.1. The molecule has 0 bridgehead atoms. The lowest BCUT2D eigenvalue weighted by Crippen LogP contribution is -2.13. The Morgan fingerprint density at radius 3 is 2.62 bits per heavy atom. The summed E-state index contributed by atoms with van der Waals surface area (Å²) in [4.78, 5) is 33.6. The van der Waals surface area contributed by atoms with Crippen molar-refractivity contribution in [1.29, 1.82) is 0 Å².